The molecule has 1 aromatic rings. The van der Waals surface area contributed by atoms with Gasteiger partial charge in [0.2, 0.25) is 0 Å². The van der Waals surface area contributed by atoms with Gasteiger partial charge < -0.3 is 5.11 Å². The predicted octanol–water partition coefficient (Wildman–Crippen LogP) is 2.87. The first-order valence-electron chi connectivity index (χ1n) is 3.30. The van der Waals surface area contributed by atoms with Gasteiger partial charge in [0, 0.05) is 0 Å². The number of carbonyl (C=O) groups is 1. The molecule has 0 atom stereocenters. The molecule has 1 aromatic heterocycles. The number of carbonyl (C=O) groups excluding carboxylic acids is 1. The molecule has 0 fully saturated rings. The van der Waals surface area contributed by atoms with Gasteiger partial charge >= 0.3 is 0 Å². The highest BCUT2D eigenvalue weighted by atomic mass is 79.9. The molecule has 0 radical (unpaired) electrons. The van der Waals surface area contributed by atoms with Crippen LogP contribution in [0.3, 0.4) is 0 Å². The third-order valence-electron chi connectivity index (χ3n) is 1.47. The van der Waals surface area contributed by atoms with Crippen molar-refractivity contribution in [3.05, 3.63) is 21.9 Å². The van der Waals surface area contributed by atoms with Gasteiger partial charge in [0.15, 0.2) is 0 Å². The van der Waals surface area contributed by atoms with Crippen LogP contribution in [0.1, 0.15) is 22.3 Å². The third-order valence-corrected chi connectivity index (χ3v) is 2.26. The van der Waals surface area contributed by atoms with Gasteiger partial charge in [-0.25, -0.2) is 13.8 Å². The number of hydrogen-bond donors (Lipinski definition) is 1. The Hall–Kier alpha value is -0.750. The average Bonchev–Trinajstić information content (AvgIpc) is 2.07. The van der Waals surface area contributed by atoms with E-state index in [0.29, 0.717) is 0 Å². The number of pyridine rings is 1. The topological polar surface area (TPSA) is 50.2 Å². The molecule has 0 bridgehead atoms. The van der Waals surface area contributed by atoms with Gasteiger partial charge in [-0.15, -0.1) is 0 Å². The van der Waals surface area contributed by atoms with Crippen molar-refractivity contribution in [1.29, 1.82) is 0 Å². The number of hydrogen-bond acceptors (Lipinski definition) is 3. The van der Waals surface area contributed by atoms with Gasteiger partial charge in [-0.2, -0.15) is 0 Å². The summed E-state index contributed by atoms with van der Waals surface area (Å²) in [4.78, 5) is 14.3. The molecule has 1 heterocycles. The summed E-state index contributed by atoms with van der Waals surface area (Å²) in [5.41, 5.74) is -1.33. The standard InChI is InChI=1S/C7H3BrClF2NO2/c8-5-4(6(9)14)3(7(10)11)2(13)1-12-5/h1,7,13H. The van der Waals surface area contributed by atoms with Crippen LogP contribution in [0.5, 0.6) is 5.75 Å². The molecule has 7 heteroatoms. The average molecular weight is 286 g/mol. The van der Waals surface area contributed by atoms with Crippen LogP contribution in [0.15, 0.2) is 10.8 Å². The molecular formula is C7H3BrClF2NO2. The minimum atomic E-state index is -2.99. The SMILES string of the molecule is O=C(Cl)c1c(Br)ncc(O)c1C(F)F. The van der Waals surface area contributed by atoms with E-state index in [-0.39, 0.29) is 4.60 Å². The van der Waals surface area contributed by atoms with Gasteiger partial charge in [0.25, 0.3) is 11.7 Å². The number of halogens is 4. The molecule has 1 N–H and O–H groups in total. The molecule has 0 saturated carbocycles. The molecule has 14 heavy (non-hydrogen) atoms. The Balaban J connectivity index is 3.50. The maximum atomic E-state index is 12.4. The molecule has 0 aliphatic heterocycles. The van der Waals surface area contributed by atoms with E-state index in [1.54, 1.807) is 0 Å². The van der Waals surface area contributed by atoms with E-state index in [1.165, 1.54) is 0 Å². The summed E-state index contributed by atoms with van der Waals surface area (Å²) in [6.45, 7) is 0. The Bertz CT molecular complexity index is 386. The first-order valence-corrected chi connectivity index (χ1v) is 4.47. The fraction of sp³-hybridized carbons (Fsp3) is 0.143. The summed E-state index contributed by atoms with van der Waals surface area (Å²) < 4.78 is 24.7. The predicted molar refractivity (Wildman–Crippen MR) is 48.7 cm³/mol. The highest BCUT2D eigenvalue weighted by Gasteiger charge is 2.24. The highest BCUT2D eigenvalue weighted by molar-refractivity contribution is 9.10. The van der Waals surface area contributed by atoms with Crippen LogP contribution >= 0.6 is 27.5 Å². The lowest BCUT2D eigenvalue weighted by molar-refractivity contribution is 0.106. The first kappa shape index (κ1) is 11.3. The molecule has 0 saturated heterocycles. The van der Waals surface area contributed by atoms with Crippen LogP contribution in [-0.2, 0) is 0 Å². The fourth-order valence-corrected chi connectivity index (χ4v) is 1.70. The summed E-state index contributed by atoms with van der Waals surface area (Å²) in [5, 5.41) is 7.96. The summed E-state index contributed by atoms with van der Waals surface area (Å²) in [7, 11) is 0. The molecule has 0 amide bonds. The molecule has 76 valence electrons. The lowest BCUT2D eigenvalue weighted by Crippen LogP contribution is -2.02. The quantitative estimate of drug-likeness (QED) is 0.672. The van der Waals surface area contributed by atoms with Gasteiger partial charge in [0.05, 0.1) is 17.3 Å². The Morgan fingerprint density at radius 1 is 1.64 bits per heavy atom. The molecule has 0 aliphatic rings. The van der Waals surface area contributed by atoms with Crippen molar-refractivity contribution < 1.29 is 18.7 Å². The third kappa shape index (κ3) is 2.01. The minimum Gasteiger partial charge on any atom is -0.506 e. The van der Waals surface area contributed by atoms with Gasteiger partial charge in [-0.1, -0.05) is 0 Å². The van der Waals surface area contributed by atoms with Crippen LogP contribution in [0.2, 0.25) is 0 Å². The Morgan fingerprint density at radius 3 is 2.57 bits per heavy atom. The van der Waals surface area contributed by atoms with Crippen molar-refractivity contribution in [1.82, 2.24) is 4.98 Å². The van der Waals surface area contributed by atoms with Crippen LogP contribution in [0.25, 0.3) is 0 Å². The van der Waals surface area contributed by atoms with Crippen molar-refractivity contribution in [2.24, 2.45) is 0 Å². The Labute approximate surface area is 90.8 Å². The van der Waals surface area contributed by atoms with E-state index in [0.717, 1.165) is 6.20 Å². The smallest absolute Gasteiger partial charge is 0.268 e. The minimum absolute atomic E-state index is 0.120. The van der Waals surface area contributed by atoms with Gasteiger partial charge in [0.1, 0.15) is 10.4 Å². The maximum absolute atomic E-state index is 12.4. The zero-order valence-corrected chi connectivity index (χ0v) is 8.81. The molecule has 1 rings (SSSR count). The first-order chi connectivity index (χ1) is 6.45. The van der Waals surface area contributed by atoms with E-state index in [2.05, 4.69) is 20.9 Å². The van der Waals surface area contributed by atoms with E-state index in [1.807, 2.05) is 0 Å². The van der Waals surface area contributed by atoms with Gasteiger partial charge in [-0.3, -0.25) is 4.79 Å². The zero-order valence-electron chi connectivity index (χ0n) is 6.47. The number of aromatic hydroxyl groups is 1. The number of alkyl halides is 2. The monoisotopic (exact) mass is 285 g/mol. The van der Waals surface area contributed by atoms with E-state index in [9.17, 15) is 13.6 Å². The van der Waals surface area contributed by atoms with E-state index < -0.39 is 28.5 Å². The molecule has 0 aliphatic carbocycles. The van der Waals surface area contributed by atoms with Crippen molar-refractivity contribution >= 4 is 32.8 Å². The molecule has 3 nitrogen and oxygen atoms in total. The van der Waals surface area contributed by atoms with E-state index in [4.69, 9.17) is 16.7 Å². The second-order valence-electron chi connectivity index (χ2n) is 2.30. The number of aromatic nitrogens is 1. The molecule has 0 aromatic carbocycles. The zero-order chi connectivity index (χ0) is 10.9. The van der Waals surface area contributed by atoms with Crippen molar-refractivity contribution in [2.45, 2.75) is 6.43 Å². The summed E-state index contributed by atoms with van der Waals surface area (Å²) in [6, 6.07) is 0. The molecule has 0 unspecified atom stereocenters. The second kappa shape index (κ2) is 4.18. The van der Waals surface area contributed by atoms with Crippen molar-refractivity contribution in [3.8, 4) is 5.75 Å². The van der Waals surface area contributed by atoms with Crippen LogP contribution in [0, 0.1) is 0 Å². The number of rotatable bonds is 2. The fourth-order valence-electron chi connectivity index (χ4n) is 0.899. The summed E-state index contributed by atoms with van der Waals surface area (Å²) >= 11 is 7.87. The second-order valence-corrected chi connectivity index (χ2v) is 3.39. The van der Waals surface area contributed by atoms with Crippen molar-refractivity contribution in [2.75, 3.05) is 0 Å². The Morgan fingerprint density at radius 2 is 2.21 bits per heavy atom. The molecule has 0 spiro atoms. The van der Waals surface area contributed by atoms with Crippen LogP contribution in [0.4, 0.5) is 8.78 Å². The van der Waals surface area contributed by atoms with E-state index >= 15 is 0 Å². The number of nitrogens with zero attached hydrogens (tertiary/aromatic N) is 1. The summed E-state index contributed by atoms with van der Waals surface area (Å²) in [6.07, 6.45) is -2.18. The van der Waals surface area contributed by atoms with Crippen molar-refractivity contribution in [3.63, 3.8) is 0 Å². The van der Waals surface area contributed by atoms with Crippen LogP contribution < -0.4 is 0 Å². The maximum Gasteiger partial charge on any atom is 0.268 e. The largest absolute Gasteiger partial charge is 0.506 e. The lowest BCUT2D eigenvalue weighted by atomic mass is 10.1. The lowest BCUT2D eigenvalue weighted by Gasteiger charge is -2.08. The summed E-state index contributed by atoms with van der Waals surface area (Å²) in [5.74, 6) is -0.757. The highest BCUT2D eigenvalue weighted by Crippen LogP contribution is 2.34. The Kier molecular flexibility index (Phi) is 3.38. The van der Waals surface area contributed by atoms with Crippen LogP contribution in [-0.4, -0.2) is 15.3 Å². The van der Waals surface area contributed by atoms with Gasteiger partial charge in [-0.05, 0) is 27.5 Å². The normalized spacial score (nSPS) is 10.6. The molecular weight excluding hydrogens is 283 g/mol.